The van der Waals surface area contributed by atoms with Crippen LogP contribution in [0.4, 0.5) is 5.69 Å². The zero-order valence-electron chi connectivity index (χ0n) is 9.70. The highest BCUT2D eigenvalue weighted by atomic mass is 16.6. The lowest BCUT2D eigenvalue weighted by atomic mass is 10.3. The van der Waals surface area contributed by atoms with Crippen LogP contribution in [0.25, 0.3) is 0 Å². The minimum atomic E-state index is -0.460. The molecule has 0 saturated heterocycles. The van der Waals surface area contributed by atoms with Gasteiger partial charge in [0.05, 0.1) is 18.1 Å². The molecule has 2 rings (SSSR count). The molecule has 0 unspecified atom stereocenters. The van der Waals surface area contributed by atoms with Gasteiger partial charge in [0, 0.05) is 12.1 Å². The van der Waals surface area contributed by atoms with Crippen molar-refractivity contribution >= 4 is 5.69 Å². The van der Waals surface area contributed by atoms with Gasteiger partial charge in [0.25, 0.3) is 5.69 Å². The maximum Gasteiger partial charge on any atom is 0.273 e. The number of nitro benzene ring substituents is 1. The van der Waals surface area contributed by atoms with E-state index in [2.05, 4.69) is 0 Å². The van der Waals surface area contributed by atoms with Crippen molar-refractivity contribution in [1.29, 1.82) is 0 Å². The first-order valence-corrected chi connectivity index (χ1v) is 5.25. The molecule has 92 valence electrons. The van der Waals surface area contributed by atoms with Gasteiger partial charge in [-0.05, 0) is 18.2 Å². The Balaban J connectivity index is 2.22. The van der Waals surface area contributed by atoms with Crippen molar-refractivity contribution in [3.8, 4) is 17.2 Å². The van der Waals surface area contributed by atoms with E-state index in [9.17, 15) is 10.1 Å². The molecule has 5 heteroatoms. The van der Waals surface area contributed by atoms with Crippen LogP contribution in [0.5, 0.6) is 17.2 Å². The second-order valence-corrected chi connectivity index (χ2v) is 3.54. The van der Waals surface area contributed by atoms with Crippen molar-refractivity contribution in [3.63, 3.8) is 0 Å². The summed E-state index contributed by atoms with van der Waals surface area (Å²) in [6.45, 7) is 0. The predicted octanol–water partition coefficient (Wildman–Crippen LogP) is 3.40. The van der Waals surface area contributed by atoms with Gasteiger partial charge >= 0.3 is 0 Å². The first-order valence-electron chi connectivity index (χ1n) is 5.25. The molecule has 0 atom stereocenters. The molecule has 0 heterocycles. The summed E-state index contributed by atoms with van der Waals surface area (Å²) in [6, 6.07) is 13.1. The molecule has 0 aliphatic carbocycles. The second-order valence-electron chi connectivity index (χ2n) is 3.54. The average molecular weight is 245 g/mol. The molecule has 0 saturated carbocycles. The summed E-state index contributed by atoms with van der Waals surface area (Å²) in [5, 5.41) is 10.6. The number of nitrogens with zero attached hydrogens (tertiary/aromatic N) is 1. The lowest BCUT2D eigenvalue weighted by Crippen LogP contribution is -1.90. The monoisotopic (exact) mass is 245 g/mol. The van der Waals surface area contributed by atoms with Crippen molar-refractivity contribution in [3.05, 3.63) is 58.6 Å². The van der Waals surface area contributed by atoms with Gasteiger partial charge in [-0.25, -0.2) is 0 Å². The van der Waals surface area contributed by atoms with Crippen molar-refractivity contribution in [2.45, 2.75) is 0 Å². The van der Waals surface area contributed by atoms with E-state index in [1.165, 1.54) is 12.1 Å². The summed E-state index contributed by atoms with van der Waals surface area (Å²) in [5.41, 5.74) is -0.00426. The number of benzene rings is 2. The number of methoxy groups -OCH3 is 1. The molecular weight excluding hydrogens is 234 g/mol. The number of ether oxygens (including phenoxy) is 2. The van der Waals surface area contributed by atoms with E-state index in [4.69, 9.17) is 9.47 Å². The summed E-state index contributed by atoms with van der Waals surface area (Å²) in [4.78, 5) is 10.2. The number of hydrogen-bond donors (Lipinski definition) is 0. The Bertz CT molecular complexity index is 568. The fourth-order valence-corrected chi connectivity index (χ4v) is 1.46. The minimum Gasteiger partial charge on any atom is -0.497 e. The van der Waals surface area contributed by atoms with E-state index >= 15 is 0 Å². The van der Waals surface area contributed by atoms with Crippen LogP contribution in [0.2, 0.25) is 0 Å². The SMILES string of the molecule is COc1cccc(Oc2cccc([N+](=O)[O-])c2)c1. The summed E-state index contributed by atoms with van der Waals surface area (Å²) < 4.78 is 10.6. The maximum atomic E-state index is 10.6. The Kier molecular flexibility index (Phi) is 3.43. The van der Waals surface area contributed by atoms with Crippen LogP contribution >= 0.6 is 0 Å². The normalized spacial score (nSPS) is 9.83. The first kappa shape index (κ1) is 11.9. The van der Waals surface area contributed by atoms with E-state index in [-0.39, 0.29) is 5.69 Å². The highest BCUT2D eigenvalue weighted by Crippen LogP contribution is 2.27. The molecule has 0 aromatic heterocycles. The third kappa shape index (κ3) is 2.76. The molecule has 0 radical (unpaired) electrons. The molecule has 0 spiro atoms. The molecule has 0 bridgehead atoms. The Hall–Kier alpha value is -2.56. The lowest BCUT2D eigenvalue weighted by molar-refractivity contribution is -0.384. The van der Waals surface area contributed by atoms with Gasteiger partial charge in [-0.1, -0.05) is 12.1 Å². The molecule has 0 aliphatic rings. The molecule has 2 aromatic rings. The van der Waals surface area contributed by atoms with Crippen LogP contribution in [0, 0.1) is 10.1 Å². The highest BCUT2D eigenvalue weighted by Gasteiger charge is 2.07. The minimum absolute atomic E-state index is 0.00426. The zero-order valence-corrected chi connectivity index (χ0v) is 9.70. The Morgan fingerprint density at radius 3 is 2.28 bits per heavy atom. The van der Waals surface area contributed by atoms with Gasteiger partial charge in [-0.2, -0.15) is 0 Å². The van der Waals surface area contributed by atoms with Gasteiger partial charge in [0.2, 0.25) is 0 Å². The Morgan fingerprint density at radius 1 is 1.00 bits per heavy atom. The molecule has 18 heavy (non-hydrogen) atoms. The average Bonchev–Trinajstić information content (AvgIpc) is 2.39. The Labute approximate surface area is 104 Å². The molecule has 5 nitrogen and oxygen atoms in total. The highest BCUT2D eigenvalue weighted by molar-refractivity contribution is 5.41. The van der Waals surface area contributed by atoms with Gasteiger partial charge in [-0.15, -0.1) is 0 Å². The topological polar surface area (TPSA) is 61.6 Å². The third-order valence-corrected chi connectivity index (χ3v) is 2.31. The van der Waals surface area contributed by atoms with Crippen molar-refractivity contribution in [2.24, 2.45) is 0 Å². The van der Waals surface area contributed by atoms with Crippen LogP contribution < -0.4 is 9.47 Å². The quantitative estimate of drug-likeness (QED) is 0.611. The smallest absolute Gasteiger partial charge is 0.273 e. The lowest BCUT2D eigenvalue weighted by Gasteiger charge is -2.06. The molecule has 2 aromatic carbocycles. The number of rotatable bonds is 4. The fourth-order valence-electron chi connectivity index (χ4n) is 1.46. The molecule has 0 fully saturated rings. The predicted molar refractivity (Wildman–Crippen MR) is 66.2 cm³/mol. The molecule has 0 amide bonds. The van der Waals surface area contributed by atoms with E-state index in [0.717, 1.165) is 0 Å². The van der Waals surface area contributed by atoms with Gasteiger partial charge in [0.1, 0.15) is 17.2 Å². The number of non-ortho nitro benzene ring substituents is 1. The Morgan fingerprint density at radius 2 is 1.61 bits per heavy atom. The molecule has 0 aliphatic heterocycles. The van der Waals surface area contributed by atoms with E-state index in [1.807, 2.05) is 0 Å². The van der Waals surface area contributed by atoms with Gasteiger partial charge in [0.15, 0.2) is 0 Å². The van der Waals surface area contributed by atoms with Crippen LogP contribution in [0.15, 0.2) is 48.5 Å². The zero-order chi connectivity index (χ0) is 13.0. The van der Waals surface area contributed by atoms with Crippen molar-refractivity contribution in [2.75, 3.05) is 7.11 Å². The van der Waals surface area contributed by atoms with Crippen LogP contribution in [-0.2, 0) is 0 Å². The largest absolute Gasteiger partial charge is 0.497 e. The summed E-state index contributed by atoms with van der Waals surface area (Å²) in [7, 11) is 1.56. The summed E-state index contributed by atoms with van der Waals surface area (Å²) >= 11 is 0. The van der Waals surface area contributed by atoms with Crippen molar-refractivity contribution in [1.82, 2.24) is 0 Å². The first-order chi connectivity index (χ1) is 8.69. The number of nitro groups is 1. The molecule has 0 N–H and O–H groups in total. The summed E-state index contributed by atoms with van der Waals surface area (Å²) in [5.74, 6) is 1.64. The van der Waals surface area contributed by atoms with Gasteiger partial charge < -0.3 is 9.47 Å². The maximum absolute atomic E-state index is 10.6. The van der Waals surface area contributed by atoms with Crippen LogP contribution in [0.3, 0.4) is 0 Å². The third-order valence-electron chi connectivity index (χ3n) is 2.31. The van der Waals surface area contributed by atoms with Crippen LogP contribution in [-0.4, -0.2) is 12.0 Å². The van der Waals surface area contributed by atoms with E-state index in [1.54, 1.807) is 43.5 Å². The van der Waals surface area contributed by atoms with E-state index in [0.29, 0.717) is 17.2 Å². The summed E-state index contributed by atoms with van der Waals surface area (Å²) in [6.07, 6.45) is 0. The second kappa shape index (κ2) is 5.18. The standard InChI is InChI=1S/C13H11NO4/c1-17-11-5-3-7-13(9-11)18-12-6-2-4-10(8-12)14(15)16/h2-9H,1H3. The van der Waals surface area contributed by atoms with E-state index < -0.39 is 4.92 Å². The fraction of sp³-hybridized carbons (Fsp3) is 0.0769. The number of hydrogen-bond acceptors (Lipinski definition) is 4. The molecular formula is C13H11NO4. The van der Waals surface area contributed by atoms with Gasteiger partial charge in [-0.3, -0.25) is 10.1 Å². The van der Waals surface area contributed by atoms with Crippen molar-refractivity contribution < 1.29 is 14.4 Å². The van der Waals surface area contributed by atoms with Crippen LogP contribution in [0.1, 0.15) is 0 Å².